The van der Waals surface area contributed by atoms with E-state index in [9.17, 15) is 4.79 Å². The quantitative estimate of drug-likeness (QED) is 0.763. The van der Waals surface area contributed by atoms with Gasteiger partial charge in [0.2, 0.25) is 0 Å². The minimum atomic E-state index is -0.0529. The van der Waals surface area contributed by atoms with Crippen molar-refractivity contribution in [2.75, 3.05) is 13.1 Å². The summed E-state index contributed by atoms with van der Waals surface area (Å²) in [5, 5.41) is 11.5. The van der Waals surface area contributed by atoms with Crippen LogP contribution in [0.15, 0.2) is 48.9 Å². The minimum absolute atomic E-state index is 0.0529. The smallest absolute Gasteiger partial charge is 0.263 e. The SMILES string of the molecule is O=C(NC1CCNC1)c1cnc(-c2cnn(-c3ccccc3)c2)s1. The number of hydrogen-bond donors (Lipinski definition) is 2. The van der Waals surface area contributed by atoms with E-state index in [1.807, 2.05) is 36.5 Å². The highest BCUT2D eigenvalue weighted by Crippen LogP contribution is 2.25. The number of carbonyl (C=O) groups excluding carboxylic acids is 1. The van der Waals surface area contributed by atoms with E-state index in [0.29, 0.717) is 4.88 Å². The van der Waals surface area contributed by atoms with E-state index in [-0.39, 0.29) is 11.9 Å². The van der Waals surface area contributed by atoms with Gasteiger partial charge in [0.1, 0.15) is 9.88 Å². The molecule has 2 N–H and O–H groups in total. The van der Waals surface area contributed by atoms with E-state index >= 15 is 0 Å². The Labute approximate surface area is 143 Å². The molecule has 7 heteroatoms. The molecule has 1 atom stereocenters. The van der Waals surface area contributed by atoms with Crippen molar-refractivity contribution in [1.82, 2.24) is 25.4 Å². The molecule has 0 spiro atoms. The highest BCUT2D eigenvalue weighted by molar-refractivity contribution is 7.16. The molecule has 6 nitrogen and oxygen atoms in total. The summed E-state index contributed by atoms with van der Waals surface area (Å²) in [7, 11) is 0. The Hall–Kier alpha value is -2.51. The normalized spacial score (nSPS) is 17.1. The van der Waals surface area contributed by atoms with Crippen LogP contribution in [-0.4, -0.2) is 39.8 Å². The van der Waals surface area contributed by atoms with Gasteiger partial charge >= 0.3 is 0 Å². The predicted molar refractivity (Wildman–Crippen MR) is 93.4 cm³/mol. The monoisotopic (exact) mass is 339 g/mol. The fourth-order valence-electron chi connectivity index (χ4n) is 2.70. The average molecular weight is 339 g/mol. The Kier molecular flexibility index (Phi) is 4.10. The van der Waals surface area contributed by atoms with Crippen molar-refractivity contribution in [2.24, 2.45) is 0 Å². The standard InChI is InChI=1S/C17H17N5OS/c23-16(21-13-6-7-18-9-13)15-10-19-17(24-15)12-8-20-22(11-12)14-4-2-1-3-5-14/h1-5,8,10-11,13,18H,6-7,9H2,(H,21,23). The Balaban J connectivity index is 1.50. The number of rotatable bonds is 4. The number of hydrogen-bond acceptors (Lipinski definition) is 5. The molecule has 0 radical (unpaired) electrons. The van der Waals surface area contributed by atoms with Crippen LogP contribution in [0.4, 0.5) is 0 Å². The lowest BCUT2D eigenvalue weighted by atomic mass is 10.2. The number of amides is 1. The van der Waals surface area contributed by atoms with E-state index in [2.05, 4.69) is 20.7 Å². The fraction of sp³-hybridized carbons (Fsp3) is 0.235. The molecule has 0 saturated carbocycles. The maximum Gasteiger partial charge on any atom is 0.263 e. The second kappa shape index (κ2) is 6.54. The zero-order chi connectivity index (χ0) is 16.4. The molecule has 2 aromatic heterocycles. The first-order valence-corrected chi connectivity index (χ1v) is 8.69. The van der Waals surface area contributed by atoms with Crippen LogP contribution in [-0.2, 0) is 0 Å². The van der Waals surface area contributed by atoms with Gasteiger partial charge in [-0.1, -0.05) is 18.2 Å². The fourth-order valence-corrected chi connectivity index (χ4v) is 3.50. The molecular formula is C17H17N5OS. The molecule has 4 rings (SSSR count). The van der Waals surface area contributed by atoms with Crippen LogP contribution in [0.5, 0.6) is 0 Å². The van der Waals surface area contributed by atoms with Crippen LogP contribution >= 0.6 is 11.3 Å². The van der Waals surface area contributed by atoms with E-state index in [1.165, 1.54) is 11.3 Å². The van der Waals surface area contributed by atoms with Gasteiger partial charge in [0.15, 0.2) is 0 Å². The lowest BCUT2D eigenvalue weighted by Crippen LogP contribution is -2.35. The lowest BCUT2D eigenvalue weighted by molar-refractivity contribution is 0.0944. The highest BCUT2D eigenvalue weighted by atomic mass is 32.1. The molecule has 0 bridgehead atoms. The van der Waals surface area contributed by atoms with Gasteiger partial charge in [0, 0.05) is 24.3 Å². The van der Waals surface area contributed by atoms with Gasteiger partial charge in [-0.2, -0.15) is 5.10 Å². The van der Waals surface area contributed by atoms with E-state index in [1.54, 1.807) is 17.1 Å². The summed E-state index contributed by atoms with van der Waals surface area (Å²) < 4.78 is 1.81. The van der Waals surface area contributed by atoms with E-state index in [0.717, 1.165) is 35.8 Å². The van der Waals surface area contributed by atoms with Gasteiger partial charge in [-0.25, -0.2) is 9.67 Å². The molecule has 1 aliphatic heterocycles. The van der Waals surface area contributed by atoms with Crippen LogP contribution in [0.2, 0.25) is 0 Å². The number of para-hydroxylation sites is 1. The number of thiazole rings is 1. The van der Waals surface area contributed by atoms with Gasteiger partial charge in [-0.15, -0.1) is 11.3 Å². The zero-order valence-electron chi connectivity index (χ0n) is 13.0. The summed E-state index contributed by atoms with van der Waals surface area (Å²) in [6.45, 7) is 1.79. The van der Waals surface area contributed by atoms with Crippen molar-refractivity contribution in [3.8, 4) is 16.3 Å². The van der Waals surface area contributed by atoms with Crippen LogP contribution in [0, 0.1) is 0 Å². The average Bonchev–Trinajstić information content (AvgIpc) is 3.36. The van der Waals surface area contributed by atoms with Gasteiger partial charge in [0.25, 0.3) is 5.91 Å². The summed E-state index contributed by atoms with van der Waals surface area (Å²) >= 11 is 1.39. The van der Waals surface area contributed by atoms with Crippen molar-refractivity contribution in [3.63, 3.8) is 0 Å². The molecule has 1 aliphatic rings. The van der Waals surface area contributed by atoms with Crippen LogP contribution in [0.3, 0.4) is 0 Å². The second-order valence-electron chi connectivity index (χ2n) is 5.70. The summed E-state index contributed by atoms with van der Waals surface area (Å²) in [6, 6.07) is 10.1. The van der Waals surface area contributed by atoms with Crippen molar-refractivity contribution in [3.05, 3.63) is 53.8 Å². The van der Waals surface area contributed by atoms with E-state index in [4.69, 9.17) is 0 Å². The number of benzene rings is 1. The number of nitrogens with one attached hydrogen (secondary N) is 2. The molecule has 24 heavy (non-hydrogen) atoms. The molecule has 122 valence electrons. The molecule has 1 amide bonds. The van der Waals surface area contributed by atoms with Gasteiger partial charge < -0.3 is 10.6 Å². The number of nitrogens with zero attached hydrogens (tertiary/aromatic N) is 3. The third-order valence-electron chi connectivity index (χ3n) is 3.98. The Bertz CT molecular complexity index is 836. The van der Waals surface area contributed by atoms with Crippen molar-refractivity contribution in [1.29, 1.82) is 0 Å². The molecule has 3 aromatic rings. The zero-order valence-corrected chi connectivity index (χ0v) is 13.8. The maximum atomic E-state index is 12.3. The molecule has 1 unspecified atom stereocenters. The predicted octanol–water partition coefficient (Wildman–Crippen LogP) is 2.09. The van der Waals surface area contributed by atoms with Crippen LogP contribution in [0.1, 0.15) is 16.1 Å². The summed E-state index contributed by atoms with van der Waals surface area (Å²) in [4.78, 5) is 17.3. The number of carbonyl (C=O) groups is 1. The number of aromatic nitrogens is 3. The van der Waals surface area contributed by atoms with Crippen LogP contribution in [0.25, 0.3) is 16.3 Å². The van der Waals surface area contributed by atoms with Gasteiger partial charge in [-0.3, -0.25) is 4.79 Å². The Morgan fingerprint density at radius 3 is 2.96 bits per heavy atom. The molecule has 1 aromatic carbocycles. The summed E-state index contributed by atoms with van der Waals surface area (Å²) in [6.07, 6.45) is 6.31. The van der Waals surface area contributed by atoms with Crippen molar-refractivity contribution < 1.29 is 4.79 Å². The maximum absolute atomic E-state index is 12.3. The molecule has 0 aliphatic carbocycles. The summed E-state index contributed by atoms with van der Waals surface area (Å²) in [5.41, 5.74) is 1.90. The summed E-state index contributed by atoms with van der Waals surface area (Å²) in [5.74, 6) is -0.0529. The first-order valence-electron chi connectivity index (χ1n) is 7.87. The first kappa shape index (κ1) is 15.0. The minimum Gasteiger partial charge on any atom is -0.347 e. The lowest BCUT2D eigenvalue weighted by Gasteiger charge is -2.09. The third-order valence-corrected chi connectivity index (χ3v) is 5.02. The van der Waals surface area contributed by atoms with E-state index < -0.39 is 0 Å². The molecular weight excluding hydrogens is 322 g/mol. The van der Waals surface area contributed by atoms with Crippen molar-refractivity contribution in [2.45, 2.75) is 12.5 Å². The van der Waals surface area contributed by atoms with Gasteiger partial charge in [-0.05, 0) is 25.1 Å². The molecule has 1 saturated heterocycles. The van der Waals surface area contributed by atoms with Crippen molar-refractivity contribution >= 4 is 17.2 Å². The second-order valence-corrected chi connectivity index (χ2v) is 6.73. The topological polar surface area (TPSA) is 71.8 Å². The third kappa shape index (κ3) is 3.08. The largest absolute Gasteiger partial charge is 0.347 e. The van der Waals surface area contributed by atoms with Crippen LogP contribution < -0.4 is 10.6 Å². The molecule has 1 fully saturated rings. The Morgan fingerprint density at radius 2 is 2.17 bits per heavy atom. The first-order chi connectivity index (χ1) is 11.8. The Morgan fingerprint density at radius 1 is 1.29 bits per heavy atom. The van der Waals surface area contributed by atoms with Gasteiger partial charge in [0.05, 0.1) is 18.1 Å². The molecule has 3 heterocycles. The highest BCUT2D eigenvalue weighted by Gasteiger charge is 2.19.